The largest absolute Gasteiger partial charge is 0.409 e. The minimum atomic E-state index is -4.51. The van der Waals surface area contributed by atoms with Gasteiger partial charge < -0.3 is 0 Å². The van der Waals surface area contributed by atoms with Gasteiger partial charge in [-0.15, -0.1) is 0 Å². The Morgan fingerprint density at radius 2 is 1.72 bits per heavy atom. The van der Waals surface area contributed by atoms with E-state index in [-0.39, 0.29) is 18.0 Å². The van der Waals surface area contributed by atoms with Crippen molar-refractivity contribution in [2.75, 3.05) is 6.54 Å². The molecule has 1 aliphatic heterocycles. The number of fused-ring (bicyclic) bond motifs is 1. The first-order chi connectivity index (χ1) is 15.1. The van der Waals surface area contributed by atoms with Crippen molar-refractivity contribution in [2.24, 2.45) is 5.41 Å². The van der Waals surface area contributed by atoms with Gasteiger partial charge in [0, 0.05) is 6.54 Å². The number of nitrogens with one attached hydrogen (secondary N) is 1. The van der Waals surface area contributed by atoms with Crippen molar-refractivity contribution in [3.63, 3.8) is 0 Å². The van der Waals surface area contributed by atoms with Crippen LogP contribution in [-0.2, 0) is 11.2 Å². The first-order valence-corrected chi connectivity index (χ1v) is 11.8. The van der Waals surface area contributed by atoms with Crippen LogP contribution >= 0.6 is 0 Å². The molecule has 2 aromatic rings. The summed E-state index contributed by atoms with van der Waals surface area (Å²) in [4.78, 5) is 12.1. The lowest BCUT2D eigenvalue weighted by molar-refractivity contribution is -0.191. The summed E-state index contributed by atoms with van der Waals surface area (Å²) in [5, 5.41) is 2.86. The number of hydrazine groups is 1. The molecule has 32 heavy (non-hydrogen) atoms. The molecule has 1 aliphatic rings. The van der Waals surface area contributed by atoms with Crippen LogP contribution in [0.4, 0.5) is 13.2 Å². The lowest BCUT2D eigenvalue weighted by Crippen LogP contribution is -2.43. The Kier molecular flexibility index (Phi) is 7.86. The first kappa shape index (κ1) is 24.6. The van der Waals surface area contributed by atoms with Crippen LogP contribution in [0.15, 0.2) is 36.4 Å². The summed E-state index contributed by atoms with van der Waals surface area (Å²) in [7, 11) is 0. The lowest BCUT2D eigenvalue weighted by Gasteiger charge is -2.30. The molecular formula is C26H35F3N2O. The summed E-state index contributed by atoms with van der Waals surface area (Å²) in [6, 6.07) is 9.04. The molecule has 3 nitrogen and oxygen atoms in total. The number of alkyl halides is 3. The van der Waals surface area contributed by atoms with E-state index in [2.05, 4.69) is 12.3 Å². The number of carbonyl (C=O) groups is 1. The van der Waals surface area contributed by atoms with Crippen molar-refractivity contribution in [1.82, 2.24) is 10.4 Å². The molecule has 1 N–H and O–H groups in total. The summed E-state index contributed by atoms with van der Waals surface area (Å²) >= 11 is 0. The van der Waals surface area contributed by atoms with Crippen LogP contribution in [0.3, 0.4) is 0 Å². The zero-order valence-electron chi connectivity index (χ0n) is 19.4. The van der Waals surface area contributed by atoms with Crippen molar-refractivity contribution >= 4 is 16.7 Å². The molecule has 0 spiro atoms. The van der Waals surface area contributed by atoms with E-state index in [0.29, 0.717) is 0 Å². The minimum Gasteiger partial charge on any atom is -0.287 e. The Hall–Kier alpha value is -2.08. The number of benzene rings is 2. The minimum absolute atomic E-state index is 0.00766. The van der Waals surface area contributed by atoms with E-state index in [9.17, 15) is 18.0 Å². The van der Waals surface area contributed by atoms with Crippen LogP contribution in [0.25, 0.3) is 10.8 Å². The van der Waals surface area contributed by atoms with Crippen molar-refractivity contribution in [1.29, 1.82) is 0 Å². The number of unbranched alkanes of at least 4 members (excludes halogenated alkanes) is 6. The Morgan fingerprint density at radius 1 is 1.03 bits per heavy atom. The predicted octanol–water partition coefficient (Wildman–Crippen LogP) is 7.11. The van der Waals surface area contributed by atoms with Gasteiger partial charge in [-0.05, 0) is 54.7 Å². The monoisotopic (exact) mass is 448 g/mol. The second-order valence-corrected chi connectivity index (χ2v) is 9.67. The highest BCUT2D eigenvalue weighted by Crippen LogP contribution is 2.41. The predicted molar refractivity (Wildman–Crippen MR) is 123 cm³/mol. The summed E-state index contributed by atoms with van der Waals surface area (Å²) in [5.41, 5.74) is 2.84. The molecule has 0 saturated carbocycles. The summed E-state index contributed by atoms with van der Waals surface area (Å²) < 4.78 is 42.4. The Morgan fingerprint density at radius 3 is 2.34 bits per heavy atom. The summed E-state index contributed by atoms with van der Waals surface area (Å²) in [6.07, 6.45) is 4.77. The fourth-order valence-corrected chi connectivity index (χ4v) is 4.54. The van der Waals surface area contributed by atoms with Gasteiger partial charge in [0.25, 0.3) is 0 Å². The first-order valence-electron chi connectivity index (χ1n) is 11.8. The zero-order valence-corrected chi connectivity index (χ0v) is 19.4. The van der Waals surface area contributed by atoms with E-state index >= 15 is 0 Å². The second-order valence-electron chi connectivity index (χ2n) is 9.67. The summed E-state index contributed by atoms with van der Waals surface area (Å²) in [6.45, 7) is 5.54. The van der Waals surface area contributed by atoms with Crippen LogP contribution in [0.2, 0.25) is 0 Å². The molecule has 1 saturated heterocycles. The highest BCUT2D eigenvalue weighted by molar-refractivity contribution is 5.87. The van der Waals surface area contributed by atoms with Gasteiger partial charge >= 0.3 is 6.18 Å². The molecule has 1 heterocycles. The third kappa shape index (κ3) is 5.83. The number of aryl methyl sites for hydroxylation is 1. The van der Waals surface area contributed by atoms with Gasteiger partial charge in [0.05, 0.1) is 5.41 Å². The molecule has 1 unspecified atom stereocenters. The van der Waals surface area contributed by atoms with E-state index in [1.54, 1.807) is 26.0 Å². The maximum atomic E-state index is 14.1. The van der Waals surface area contributed by atoms with Gasteiger partial charge in [0.2, 0.25) is 5.91 Å². The molecule has 0 radical (unpaired) electrons. The van der Waals surface area contributed by atoms with Crippen molar-refractivity contribution < 1.29 is 18.0 Å². The van der Waals surface area contributed by atoms with Crippen molar-refractivity contribution in [3.8, 4) is 0 Å². The highest BCUT2D eigenvalue weighted by atomic mass is 19.4. The number of rotatable bonds is 10. The summed E-state index contributed by atoms with van der Waals surface area (Å²) in [5.74, 6) is -0.382. The van der Waals surface area contributed by atoms with Crippen LogP contribution in [0, 0.1) is 5.41 Å². The Balaban J connectivity index is 1.80. The Bertz CT molecular complexity index is 923. The van der Waals surface area contributed by atoms with Gasteiger partial charge in [-0.25, -0.2) is 5.01 Å². The molecule has 2 aromatic carbocycles. The maximum Gasteiger partial charge on any atom is 0.409 e. The normalized spacial score (nSPS) is 17.6. The molecule has 1 amide bonds. The molecule has 1 fully saturated rings. The molecule has 176 valence electrons. The third-order valence-corrected chi connectivity index (χ3v) is 6.41. The number of halogens is 3. The SMILES string of the molecule is CCCCCCCCCc1cccc2ccc(C(N3CC(C)(C)C(=O)N3)C(F)(F)F)cc12. The van der Waals surface area contributed by atoms with E-state index < -0.39 is 17.6 Å². The molecule has 3 rings (SSSR count). The van der Waals surface area contributed by atoms with E-state index in [0.717, 1.165) is 40.6 Å². The number of carbonyl (C=O) groups excluding carboxylic acids is 1. The smallest absolute Gasteiger partial charge is 0.287 e. The number of hydrogen-bond acceptors (Lipinski definition) is 2. The van der Waals surface area contributed by atoms with Gasteiger partial charge in [-0.1, -0.05) is 75.8 Å². The number of nitrogens with zero attached hydrogens (tertiary/aromatic N) is 1. The van der Waals surface area contributed by atoms with E-state index in [1.165, 1.54) is 38.2 Å². The molecule has 1 atom stereocenters. The number of hydrogen-bond donors (Lipinski definition) is 1. The molecule has 0 aromatic heterocycles. The Labute approximate surface area is 189 Å². The fourth-order valence-electron chi connectivity index (χ4n) is 4.54. The molecule has 0 bridgehead atoms. The highest BCUT2D eigenvalue weighted by Gasteiger charge is 2.51. The number of amides is 1. The van der Waals surface area contributed by atoms with E-state index in [1.807, 2.05) is 18.2 Å². The second kappa shape index (κ2) is 10.2. The van der Waals surface area contributed by atoms with Gasteiger partial charge in [-0.3, -0.25) is 10.2 Å². The molecular weight excluding hydrogens is 413 g/mol. The van der Waals surface area contributed by atoms with Crippen LogP contribution in [0.5, 0.6) is 0 Å². The average Bonchev–Trinajstić information content (AvgIpc) is 2.98. The quantitative estimate of drug-likeness (QED) is 0.393. The van der Waals surface area contributed by atoms with Crippen LogP contribution < -0.4 is 5.43 Å². The third-order valence-electron chi connectivity index (χ3n) is 6.41. The fraction of sp³-hybridized carbons (Fsp3) is 0.577. The van der Waals surface area contributed by atoms with Crippen LogP contribution in [0.1, 0.15) is 82.9 Å². The van der Waals surface area contributed by atoms with Gasteiger partial charge in [0.1, 0.15) is 6.04 Å². The molecule has 6 heteroatoms. The zero-order chi connectivity index (χ0) is 23.4. The van der Waals surface area contributed by atoms with Crippen molar-refractivity contribution in [3.05, 3.63) is 47.5 Å². The topological polar surface area (TPSA) is 32.3 Å². The standard InChI is InChI=1S/C26H35F3N2O/c1-4-5-6-7-8-9-10-12-19-13-11-14-20-15-16-21(17-22(19)20)23(26(27,28)29)31-18-25(2,3)24(32)30-31/h11,13-17,23H,4-10,12,18H2,1-3H3,(H,30,32). The lowest BCUT2D eigenvalue weighted by atomic mass is 9.93. The average molecular weight is 449 g/mol. The van der Waals surface area contributed by atoms with Crippen molar-refractivity contribution in [2.45, 2.75) is 84.4 Å². The maximum absolute atomic E-state index is 14.1. The van der Waals surface area contributed by atoms with E-state index in [4.69, 9.17) is 0 Å². The van der Waals surface area contributed by atoms with Crippen LogP contribution in [-0.4, -0.2) is 23.6 Å². The molecule has 0 aliphatic carbocycles. The van der Waals surface area contributed by atoms with Gasteiger partial charge in [-0.2, -0.15) is 13.2 Å². The van der Waals surface area contributed by atoms with Gasteiger partial charge in [0.15, 0.2) is 0 Å².